The fourth-order valence-electron chi connectivity index (χ4n) is 1.58. The van der Waals surface area contributed by atoms with Gasteiger partial charge in [-0.25, -0.2) is 0 Å². The van der Waals surface area contributed by atoms with E-state index in [-0.39, 0.29) is 0 Å². The number of nitrogens with zero attached hydrogens (tertiary/aromatic N) is 1. The van der Waals surface area contributed by atoms with Crippen LogP contribution in [0.5, 0.6) is 0 Å². The van der Waals surface area contributed by atoms with Crippen molar-refractivity contribution in [1.82, 2.24) is 0 Å². The maximum absolute atomic E-state index is 5.17. The summed E-state index contributed by atoms with van der Waals surface area (Å²) in [5, 5.41) is 3.86. The lowest BCUT2D eigenvalue weighted by Gasteiger charge is -1.99. The lowest BCUT2D eigenvalue weighted by atomic mass is 10.1. The van der Waals surface area contributed by atoms with E-state index < -0.39 is 0 Å². The second-order valence-electron chi connectivity index (χ2n) is 4.15. The molecule has 0 fully saturated rings. The summed E-state index contributed by atoms with van der Waals surface area (Å²) in [6.45, 7) is 5.04. The predicted octanol–water partition coefficient (Wildman–Crippen LogP) is 4.06. The molecule has 0 aliphatic carbocycles. The molecule has 0 aromatic heterocycles. The first-order chi connectivity index (χ1) is 8.36. The van der Waals surface area contributed by atoms with Gasteiger partial charge in [-0.3, -0.25) is 0 Å². The molecular formula is C15H22NO. The van der Waals surface area contributed by atoms with Crippen molar-refractivity contribution in [2.45, 2.75) is 46.0 Å². The highest BCUT2D eigenvalue weighted by molar-refractivity contribution is 5.79. The summed E-state index contributed by atoms with van der Waals surface area (Å²) in [6.07, 6.45) is 8.77. The number of hydrogen-bond acceptors (Lipinski definition) is 2. The Hall–Kier alpha value is -1.31. The van der Waals surface area contributed by atoms with Crippen molar-refractivity contribution in [2.24, 2.45) is 5.16 Å². The van der Waals surface area contributed by atoms with Gasteiger partial charge in [-0.1, -0.05) is 50.0 Å². The minimum absolute atomic E-state index is 0.695. The van der Waals surface area contributed by atoms with Crippen molar-refractivity contribution in [3.8, 4) is 0 Å². The fraction of sp³-hybridized carbons (Fsp3) is 0.533. The monoisotopic (exact) mass is 232 g/mol. The van der Waals surface area contributed by atoms with Crippen LogP contribution in [0.25, 0.3) is 0 Å². The van der Waals surface area contributed by atoms with Gasteiger partial charge < -0.3 is 4.84 Å². The average molecular weight is 232 g/mol. The number of hydrogen-bond donors (Lipinski definition) is 0. The highest BCUT2D eigenvalue weighted by Crippen LogP contribution is 2.04. The van der Waals surface area contributed by atoms with Gasteiger partial charge in [0, 0.05) is 5.56 Å². The molecule has 0 unspecified atom stereocenters. The van der Waals surface area contributed by atoms with Gasteiger partial charge in [-0.05, 0) is 30.9 Å². The van der Waals surface area contributed by atoms with Crippen LogP contribution < -0.4 is 0 Å². The molecular weight excluding hydrogens is 210 g/mol. The van der Waals surface area contributed by atoms with Crippen LogP contribution in [0.2, 0.25) is 0 Å². The minimum Gasteiger partial charge on any atom is -0.395 e. The lowest BCUT2D eigenvalue weighted by molar-refractivity contribution is 0.141. The first-order valence-electron chi connectivity index (χ1n) is 6.53. The zero-order valence-corrected chi connectivity index (χ0v) is 10.9. The number of rotatable bonds is 8. The van der Waals surface area contributed by atoms with E-state index in [1.807, 2.05) is 12.1 Å². The quantitative estimate of drug-likeness (QED) is 0.376. The van der Waals surface area contributed by atoms with E-state index in [2.05, 4.69) is 37.4 Å². The van der Waals surface area contributed by atoms with Gasteiger partial charge in [0.05, 0.1) is 0 Å². The normalized spacial score (nSPS) is 10.9. The molecule has 2 heteroatoms. The first kappa shape index (κ1) is 13.8. The number of benzene rings is 1. The van der Waals surface area contributed by atoms with Crippen LogP contribution in [0.4, 0.5) is 0 Å². The number of aryl methyl sites for hydroxylation is 1. The van der Waals surface area contributed by atoms with Gasteiger partial charge in [0.15, 0.2) is 0 Å². The van der Waals surface area contributed by atoms with Gasteiger partial charge in [0.2, 0.25) is 0 Å². The highest BCUT2D eigenvalue weighted by atomic mass is 16.6. The molecule has 17 heavy (non-hydrogen) atoms. The van der Waals surface area contributed by atoms with Crippen LogP contribution in [0.1, 0.15) is 50.7 Å². The molecule has 93 valence electrons. The minimum atomic E-state index is 0.695. The Kier molecular flexibility index (Phi) is 7.12. The summed E-state index contributed by atoms with van der Waals surface area (Å²) in [4.78, 5) is 5.17. The zero-order valence-electron chi connectivity index (χ0n) is 10.9. The molecule has 0 atom stereocenters. The first-order valence-corrected chi connectivity index (χ1v) is 6.53. The van der Waals surface area contributed by atoms with Gasteiger partial charge in [-0.2, -0.15) is 0 Å². The van der Waals surface area contributed by atoms with Crippen LogP contribution in [0, 0.1) is 0 Å². The summed E-state index contributed by atoms with van der Waals surface area (Å²) in [5.41, 5.74) is 2.28. The third-order valence-electron chi connectivity index (χ3n) is 2.66. The molecule has 0 saturated heterocycles. The second kappa shape index (κ2) is 8.80. The van der Waals surface area contributed by atoms with Crippen molar-refractivity contribution in [3.05, 3.63) is 35.4 Å². The van der Waals surface area contributed by atoms with E-state index in [0.29, 0.717) is 6.61 Å². The second-order valence-corrected chi connectivity index (χ2v) is 4.15. The fourth-order valence-corrected chi connectivity index (χ4v) is 1.58. The van der Waals surface area contributed by atoms with Gasteiger partial charge in [0.25, 0.3) is 0 Å². The Morgan fingerprint density at radius 2 is 2.06 bits per heavy atom. The van der Waals surface area contributed by atoms with Crippen molar-refractivity contribution < 1.29 is 4.84 Å². The van der Waals surface area contributed by atoms with E-state index in [0.717, 1.165) is 18.4 Å². The van der Waals surface area contributed by atoms with E-state index in [1.165, 1.54) is 24.8 Å². The van der Waals surface area contributed by atoms with Crippen molar-refractivity contribution in [1.29, 1.82) is 0 Å². The summed E-state index contributed by atoms with van der Waals surface area (Å²) < 4.78 is 0. The summed E-state index contributed by atoms with van der Waals surface area (Å²) in [5.74, 6) is 0. The van der Waals surface area contributed by atoms with Crippen LogP contribution in [0.15, 0.2) is 29.4 Å². The molecule has 0 N–H and O–H groups in total. The molecule has 1 aromatic carbocycles. The molecule has 0 saturated carbocycles. The maximum atomic E-state index is 5.17. The molecule has 0 aliphatic heterocycles. The molecule has 0 heterocycles. The highest BCUT2D eigenvalue weighted by Gasteiger charge is 1.92. The SMILES string of the molecule is CCCCCCO/N=[C]/c1cccc(CC)c1. The molecule has 1 rings (SSSR count). The topological polar surface area (TPSA) is 21.6 Å². The van der Waals surface area contributed by atoms with Crippen LogP contribution in [-0.2, 0) is 11.3 Å². The summed E-state index contributed by atoms with van der Waals surface area (Å²) in [7, 11) is 0. The molecule has 0 aliphatic rings. The largest absolute Gasteiger partial charge is 0.395 e. The summed E-state index contributed by atoms with van der Waals surface area (Å²) >= 11 is 0. The van der Waals surface area contributed by atoms with Crippen molar-refractivity contribution in [2.75, 3.05) is 6.61 Å². The summed E-state index contributed by atoms with van der Waals surface area (Å²) in [6, 6.07) is 8.21. The Morgan fingerprint density at radius 3 is 2.82 bits per heavy atom. The standard InChI is InChI=1S/C15H22NO/c1-3-5-6-7-11-17-16-13-15-10-8-9-14(4-2)12-15/h8-10,12H,3-7,11H2,1-2H3. The third kappa shape index (κ3) is 6.10. The Balaban J connectivity index is 2.23. The van der Waals surface area contributed by atoms with E-state index in [4.69, 9.17) is 4.84 Å². The molecule has 2 nitrogen and oxygen atoms in total. The number of unbranched alkanes of at least 4 members (excludes halogenated alkanes) is 3. The Bertz CT molecular complexity index is 333. The van der Waals surface area contributed by atoms with E-state index >= 15 is 0 Å². The molecule has 0 spiro atoms. The Morgan fingerprint density at radius 1 is 1.18 bits per heavy atom. The molecule has 1 radical (unpaired) electrons. The van der Waals surface area contributed by atoms with Gasteiger partial charge in [0.1, 0.15) is 12.8 Å². The van der Waals surface area contributed by atoms with Crippen LogP contribution in [-0.4, -0.2) is 12.8 Å². The maximum Gasteiger partial charge on any atom is 0.139 e. The van der Waals surface area contributed by atoms with E-state index in [1.54, 1.807) is 0 Å². The van der Waals surface area contributed by atoms with Crippen molar-refractivity contribution >= 4 is 6.21 Å². The molecule has 0 bridgehead atoms. The van der Waals surface area contributed by atoms with Crippen LogP contribution >= 0.6 is 0 Å². The zero-order chi connectivity index (χ0) is 12.3. The smallest absolute Gasteiger partial charge is 0.139 e. The van der Waals surface area contributed by atoms with E-state index in [9.17, 15) is 0 Å². The third-order valence-corrected chi connectivity index (χ3v) is 2.66. The Labute approximate surface area is 105 Å². The lowest BCUT2D eigenvalue weighted by Crippen LogP contribution is -1.90. The van der Waals surface area contributed by atoms with Gasteiger partial charge in [-0.15, -0.1) is 0 Å². The van der Waals surface area contributed by atoms with Crippen molar-refractivity contribution in [3.63, 3.8) is 0 Å². The van der Waals surface area contributed by atoms with Gasteiger partial charge >= 0.3 is 0 Å². The molecule has 1 aromatic rings. The average Bonchev–Trinajstić information content (AvgIpc) is 2.38. The predicted molar refractivity (Wildman–Crippen MR) is 72.5 cm³/mol. The molecule has 0 amide bonds. The van der Waals surface area contributed by atoms with Crippen LogP contribution in [0.3, 0.4) is 0 Å².